The van der Waals surface area contributed by atoms with Gasteiger partial charge in [0.1, 0.15) is 0 Å². The lowest BCUT2D eigenvalue weighted by atomic mass is 10.0. The minimum atomic E-state index is 0.0623. The van der Waals surface area contributed by atoms with Gasteiger partial charge in [0.05, 0.1) is 12.5 Å². The number of likely N-dealkylation sites (tertiary alicyclic amines) is 1. The maximum Gasteiger partial charge on any atom is 0.228 e. The van der Waals surface area contributed by atoms with Crippen LogP contribution >= 0.6 is 0 Å². The molecule has 0 aromatic heterocycles. The standard InChI is InChI=1S/C20H28N2O3/c1-2-11-25-17-6-4-10-22(14-17)20(24)7-3-5-15-8-9-18-16(12-15)13-19(23)21-18/h8-9,12,17H,2-7,10-11,13-14H2,1H3,(H,21,23)/t17-/m1/s1. The molecule has 1 atom stereocenters. The second-order valence-electron chi connectivity index (χ2n) is 7.04. The second kappa shape index (κ2) is 8.48. The minimum absolute atomic E-state index is 0.0623. The molecule has 1 fully saturated rings. The highest BCUT2D eigenvalue weighted by Gasteiger charge is 2.23. The van der Waals surface area contributed by atoms with Gasteiger partial charge in [0.2, 0.25) is 11.8 Å². The molecule has 1 aromatic carbocycles. The number of nitrogens with zero attached hydrogens (tertiary/aromatic N) is 1. The van der Waals surface area contributed by atoms with Crippen molar-refractivity contribution in [2.24, 2.45) is 0 Å². The average molecular weight is 344 g/mol. The number of carbonyl (C=O) groups is 2. The van der Waals surface area contributed by atoms with Gasteiger partial charge >= 0.3 is 0 Å². The third kappa shape index (κ3) is 4.82. The Bertz CT molecular complexity index is 629. The van der Waals surface area contributed by atoms with E-state index in [0.717, 1.165) is 63.1 Å². The Labute approximate surface area is 149 Å². The third-order valence-corrected chi connectivity index (χ3v) is 4.94. The van der Waals surface area contributed by atoms with E-state index in [0.29, 0.717) is 12.8 Å². The zero-order valence-corrected chi connectivity index (χ0v) is 15.1. The molecule has 136 valence electrons. The molecular formula is C20H28N2O3. The molecule has 1 saturated heterocycles. The Morgan fingerprint density at radius 2 is 2.28 bits per heavy atom. The first-order chi connectivity index (χ1) is 12.2. The summed E-state index contributed by atoms with van der Waals surface area (Å²) in [5.74, 6) is 0.301. The second-order valence-corrected chi connectivity index (χ2v) is 7.04. The van der Waals surface area contributed by atoms with Crippen LogP contribution in [-0.4, -0.2) is 42.5 Å². The zero-order valence-electron chi connectivity index (χ0n) is 15.1. The molecule has 5 nitrogen and oxygen atoms in total. The summed E-state index contributed by atoms with van der Waals surface area (Å²) in [6.07, 6.45) is 6.08. The molecule has 0 aliphatic carbocycles. The Kier molecular flexibility index (Phi) is 6.08. The van der Waals surface area contributed by atoms with E-state index in [9.17, 15) is 9.59 Å². The van der Waals surface area contributed by atoms with Crippen LogP contribution in [0.15, 0.2) is 18.2 Å². The first-order valence-electron chi connectivity index (χ1n) is 9.46. The Morgan fingerprint density at radius 1 is 1.40 bits per heavy atom. The number of anilines is 1. The molecular weight excluding hydrogens is 316 g/mol. The molecule has 2 heterocycles. The lowest BCUT2D eigenvalue weighted by molar-refractivity contribution is -0.135. The van der Waals surface area contributed by atoms with Gasteiger partial charge in [0.15, 0.2) is 0 Å². The van der Waals surface area contributed by atoms with Gasteiger partial charge in [0.25, 0.3) is 0 Å². The molecule has 2 aliphatic rings. The molecule has 0 spiro atoms. The van der Waals surface area contributed by atoms with Gasteiger partial charge < -0.3 is 15.0 Å². The van der Waals surface area contributed by atoms with E-state index in [1.165, 1.54) is 5.56 Å². The zero-order chi connectivity index (χ0) is 17.6. The van der Waals surface area contributed by atoms with Crippen LogP contribution in [-0.2, 0) is 27.2 Å². The van der Waals surface area contributed by atoms with Gasteiger partial charge in [-0.25, -0.2) is 0 Å². The number of ether oxygens (including phenoxy) is 1. The van der Waals surface area contributed by atoms with Gasteiger partial charge in [-0.15, -0.1) is 0 Å². The number of rotatable bonds is 7. The summed E-state index contributed by atoms with van der Waals surface area (Å²) in [5.41, 5.74) is 3.20. The number of benzene rings is 1. The van der Waals surface area contributed by atoms with Crippen LogP contribution in [0.1, 0.15) is 50.2 Å². The third-order valence-electron chi connectivity index (χ3n) is 4.94. The van der Waals surface area contributed by atoms with Gasteiger partial charge in [0, 0.05) is 31.8 Å². The van der Waals surface area contributed by atoms with E-state index in [1.807, 2.05) is 17.0 Å². The highest BCUT2D eigenvalue weighted by Crippen LogP contribution is 2.24. The predicted octanol–water partition coefficient (Wildman–Crippen LogP) is 2.92. The van der Waals surface area contributed by atoms with E-state index >= 15 is 0 Å². The number of fused-ring (bicyclic) bond motifs is 1. The summed E-state index contributed by atoms with van der Waals surface area (Å²) in [4.78, 5) is 25.8. The fourth-order valence-electron chi connectivity index (χ4n) is 3.63. The van der Waals surface area contributed by atoms with Crippen molar-refractivity contribution in [3.05, 3.63) is 29.3 Å². The molecule has 0 radical (unpaired) electrons. The summed E-state index contributed by atoms with van der Waals surface area (Å²) < 4.78 is 5.81. The van der Waals surface area contributed by atoms with Crippen LogP contribution in [0.4, 0.5) is 5.69 Å². The van der Waals surface area contributed by atoms with E-state index in [1.54, 1.807) is 0 Å². The van der Waals surface area contributed by atoms with Crippen LogP contribution in [0.25, 0.3) is 0 Å². The largest absolute Gasteiger partial charge is 0.376 e. The summed E-state index contributed by atoms with van der Waals surface area (Å²) >= 11 is 0. The predicted molar refractivity (Wildman–Crippen MR) is 97.6 cm³/mol. The quantitative estimate of drug-likeness (QED) is 0.827. The van der Waals surface area contributed by atoms with E-state index < -0.39 is 0 Å². The fourth-order valence-corrected chi connectivity index (χ4v) is 3.63. The highest BCUT2D eigenvalue weighted by molar-refractivity contribution is 5.99. The lowest BCUT2D eigenvalue weighted by Crippen LogP contribution is -2.43. The van der Waals surface area contributed by atoms with E-state index in [2.05, 4.69) is 18.3 Å². The number of hydrogen-bond donors (Lipinski definition) is 1. The van der Waals surface area contributed by atoms with Crippen molar-refractivity contribution in [1.82, 2.24) is 4.90 Å². The molecule has 2 amide bonds. The molecule has 0 saturated carbocycles. The first kappa shape index (κ1) is 17.9. The van der Waals surface area contributed by atoms with Crippen molar-refractivity contribution < 1.29 is 14.3 Å². The van der Waals surface area contributed by atoms with Crippen molar-refractivity contribution >= 4 is 17.5 Å². The maximum atomic E-state index is 12.5. The van der Waals surface area contributed by atoms with Crippen molar-refractivity contribution in [2.75, 3.05) is 25.0 Å². The normalized spacial score (nSPS) is 19.6. The van der Waals surface area contributed by atoms with E-state index in [-0.39, 0.29) is 17.9 Å². The monoisotopic (exact) mass is 344 g/mol. The SMILES string of the molecule is CCCO[C@@H]1CCCN(C(=O)CCCc2ccc3c(c2)CC(=O)N3)C1. The smallest absolute Gasteiger partial charge is 0.228 e. The molecule has 25 heavy (non-hydrogen) atoms. The first-order valence-corrected chi connectivity index (χ1v) is 9.46. The molecule has 0 unspecified atom stereocenters. The van der Waals surface area contributed by atoms with Crippen molar-refractivity contribution in [1.29, 1.82) is 0 Å². The molecule has 3 rings (SSSR count). The van der Waals surface area contributed by atoms with E-state index in [4.69, 9.17) is 4.74 Å². The van der Waals surface area contributed by atoms with Crippen LogP contribution in [0.5, 0.6) is 0 Å². The van der Waals surface area contributed by atoms with Gasteiger partial charge in [-0.1, -0.05) is 19.1 Å². The Balaban J connectivity index is 1.43. The molecule has 1 N–H and O–H groups in total. The number of piperidine rings is 1. The Hall–Kier alpha value is -1.88. The van der Waals surface area contributed by atoms with Crippen LogP contribution in [0.2, 0.25) is 0 Å². The summed E-state index contributed by atoms with van der Waals surface area (Å²) in [6, 6.07) is 6.11. The molecule has 0 bridgehead atoms. The topological polar surface area (TPSA) is 58.6 Å². The van der Waals surface area contributed by atoms with Crippen molar-refractivity contribution in [3.63, 3.8) is 0 Å². The molecule has 1 aromatic rings. The fraction of sp³-hybridized carbons (Fsp3) is 0.600. The summed E-state index contributed by atoms with van der Waals surface area (Å²) in [5, 5.41) is 2.85. The number of hydrogen-bond acceptors (Lipinski definition) is 3. The van der Waals surface area contributed by atoms with Crippen LogP contribution < -0.4 is 5.32 Å². The lowest BCUT2D eigenvalue weighted by Gasteiger charge is -2.32. The molecule has 2 aliphatic heterocycles. The highest BCUT2D eigenvalue weighted by atomic mass is 16.5. The number of aryl methyl sites for hydroxylation is 1. The van der Waals surface area contributed by atoms with Crippen molar-refractivity contribution in [2.45, 2.75) is 58.0 Å². The van der Waals surface area contributed by atoms with Crippen LogP contribution in [0, 0.1) is 0 Å². The molecule has 5 heteroatoms. The number of nitrogens with one attached hydrogen (secondary N) is 1. The number of amides is 2. The Morgan fingerprint density at radius 3 is 3.12 bits per heavy atom. The van der Waals surface area contributed by atoms with Gasteiger partial charge in [-0.3, -0.25) is 9.59 Å². The minimum Gasteiger partial charge on any atom is -0.376 e. The summed E-state index contributed by atoms with van der Waals surface area (Å²) in [7, 11) is 0. The van der Waals surface area contributed by atoms with Gasteiger partial charge in [-0.2, -0.15) is 0 Å². The van der Waals surface area contributed by atoms with Gasteiger partial charge in [-0.05, 0) is 49.3 Å². The summed E-state index contributed by atoms with van der Waals surface area (Å²) in [6.45, 7) is 4.49. The maximum absolute atomic E-state index is 12.5. The van der Waals surface area contributed by atoms with Crippen LogP contribution in [0.3, 0.4) is 0 Å². The van der Waals surface area contributed by atoms with Crippen molar-refractivity contribution in [3.8, 4) is 0 Å². The number of carbonyl (C=O) groups excluding carboxylic acids is 2. The average Bonchev–Trinajstić information content (AvgIpc) is 2.99.